The van der Waals surface area contributed by atoms with Gasteiger partial charge in [0.05, 0.1) is 13.7 Å². The van der Waals surface area contributed by atoms with Gasteiger partial charge in [-0.3, -0.25) is 4.79 Å². The molecule has 0 aliphatic carbocycles. The number of guanidine groups is 1. The van der Waals surface area contributed by atoms with Gasteiger partial charge in [-0.25, -0.2) is 4.99 Å². The molecule has 0 spiro atoms. The molecule has 2 aromatic carbocycles. The fraction of sp³-hybridized carbons (Fsp3) is 0.391. The number of amides is 1. The van der Waals surface area contributed by atoms with Gasteiger partial charge in [0.25, 0.3) is 5.91 Å². The van der Waals surface area contributed by atoms with E-state index in [0.29, 0.717) is 18.7 Å². The molecule has 30 heavy (non-hydrogen) atoms. The highest BCUT2D eigenvalue weighted by atomic mass is 127. The molecule has 0 fully saturated rings. The molecular weight excluding hydrogens is 491 g/mol. The van der Waals surface area contributed by atoms with E-state index in [1.165, 1.54) is 0 Å². The van der Waals surface area contributed by atoms with Gasteiger partial charge in [-0.1, -0.05) is 37.6 Å². The first-order valence-corrected chi connectivity index (χ1v) is 10.2. The van der Waals surface area contributed by atoms with Crippen molar-refractivity contribution in [3.63, 3.8) is 0 Å². The molecule has 0 saturated heterocycles. The van der Waals surface area contributed by atoms with E-state index in [-0.39, 0.29) is 29.9 Å². The number of hydrogen-bond donors (Lipinski definition) is 3. The van der Waals surface area contributed by atoms with E-state index in [4.69, 9.17) is 4.74 Å². The third kappa shape index (κ3) is 9.02. The maximum atomic E-state index is 12.1. The Balaban J connectivity index is 0.00000450. The van der Waals surface area contributed by atoms with Gasteiger partial charge < -0.3 is 20.7 Å². The maximum Gasteiger partial charge on any atom is 0.251 e. The Morgan fingerprint density at radius 1 is 0.933 bits per heavy atom. The molecule has 0 unspecified atom stereocenters. The fourth-order valence-corrected chi connectivity index (χ4v) is 2.68. The zero-order valence-corrected chi connectivity index (χ0v) is 20.4. The Bertz CT molecular complexity index is 777. The van der Waals surface area contributed by atoms with Gasteiger partial charge in [0.15, 0.2) is 5.96 Å². The van der Waals surface area contributed by atoms with E-state index >= 15 is 0 Å². The molecule has 0 radical (unpaired) electrons. The van der Waals surface area contributed by atoms with Crippen LogP contribution >= 0.6 is 24.0 Å². The van der Waals surface area contributed by atoms with Crippen LogP contribution in [0.1, 0.15) is 48.2 Å². The average Bonchev–Trinajstić information content (AvgIpc) is 2.76. The number of ether oxygens (including phenoxy) is 1. The van der Waals surface area contributed by atoms with E-state index < -0.39 is 0 Å². The van der Waals surface area contributed by atoms with Crippen LogP contribution in [0.4, 0.5) is 0 Å². The van der Waals surface area contributed by atoms with Crippen LogP contribution < -0.4 is 20.7 Å². The minimum absolute atomic E-state index is 0. The van der Waals surface area contributed by atoms with Gasteiger partial charge in [-0.15, -0.1) is 24.0 Å². The van der Waals surface area contributed by atoms with Crippen molar-refractivity contribution in [3.05, 3.63) is 65.2 Å². The summed E-state index contributed by atoms with van der Waals surface area (Å²) in [6.07, 6.45) is 2.07. The van der Waals surface area contributed by atoms with Gasteiger partial charge in [0.2, 0.25) is 0 Å². The molecule has 0 aliphatic heterocycles. The van der Waals surface area contributed by atoms with E-state index in [9.17, 15) is 4.79 Å². The van der Waals surface area contributed by atoms with Crippen molar-refractivity contribution >= 4 is 35.8 Å². The Labute approximate surface area is 196 Å². The van der Waals surface area contributed by atoms with Crippen LogP contribution in [-0.4, -0.2) is 32.1 Å². The van der Waals surface area contributed by atoms with Crippen LogP contribution in [0.3, 0.4) is 0 Å². The van der Waals surface area contributed by atoms with Crippen molar-refractivity contribution in [3.8, 4) is 5.75 Å². The zero-order valence-electron chi connectivity index (χ0n) is 18.0. The summed E-state index contributed by atoms with van der Waals surface area (Å²) >= 11 is 0. The second kappa shape index (κ2) is 14.7. The normalized spacial score (nSPS) is 10.7. The smallest absolute Gasteiger partial charge is 0.251 e. The highest BCUT2D eigenvalue weighted by molar-refractivity contribution is 14.0. The zero-order chi connectivity index (χ0) is 20.9. The third-order valence-corrected chi connectivity index (χ3v) is 4.41. The SMILES string of the molecule is CCCCNC(=O)c1ccc(CNC(=NCc2ccc(OC)cc2)NCC)cc1.I. The number of hydrogen-bond acceptors (Lipinski definition) is 3. The van der Waals surface area contributed by atoms with Crippen LogP contribution in [-0.2, 0) is 13.1 Å². The molecule has 0 atom stereocenters. The van der Waals surface area contributed by atoms with Gasteiger partial charge in [0, 0.05) is 25.2 Å². The van der Waals surface area contributed by atoms with Crippen molar-refractivity contribution in [1.29, 1.82) is 0 Å². The summed E-state index contributed by atoms with van der Waals surface area (Å²) in [7, 11) is 1.66. The summed E-state index contributed by atoms with van der Waals surface area (Å²) in [5, 5.41) is 9.52. The predicted octanol–water partition coefficient (Wildman–Crippen LogP) is 4.10. The number of unbranched alkanes of at least 4 members (excludes halogenated alkanes) is 1. The van der Waals surface area contributed by atoms with Crippen LogP contribution in [0.5, 0.6) is 5.75 Å². The third-order valence-electron chi connectivity index (χ3n) is 4.41. The van der Waals surface area contributed by atoms with Gasteiger partial charge >= 0.3 is 0 Å². The van der Waals surface area contributed by atoms with Crippen molar-refractivity contribution in [2.24, 2.45) is 4.99 Å². The monoisotopic (exact) mass is 524 g/mol. The quantitative estimate of drug-likeness (QED) is 0.190. The molecule has 2 aromatic rings. The molecule has 2 rings (SSSR count). The molecule has 0 saturated carbocycles. The first kappa shape index (κ1) is 25.7. The van der Waals surface area contributed by atoms with E-state index in [1.807, 2.05) is 55.5 Å². The molecule has 0 aromatic heterocycles. The minimum atomic E-state index is -0.0210. The Morgan fingerprint density at radius 3 is 2.20 bits per heavy atom. The lowest BCUT2D eigenvalue weighted by Gasteiger charge is -2.12. The first-order chi connectivity index (χ1) is 14.2. The average molecular weight is 524 g/mol. The van der Waals surface area contributed by atoms with Gasteiger partial charge in [0.1, 0.15) is 5.75 Å². The van der Waals surface area contributed by atoms with Gasteiger partial charge in [-0.2, -0.15) is 0 Å². The minimum Gasteiger partial charge on any atom is -0.497 e. The maximum absolute atomic E-state index is 12.1. The second-order valence-corrected chi connectivity index (χ2v) is 6.70. The summed E-state index contributed by atoms with van der Waals surface area (Å²) in [5.41, 5.74) is 2.89. The number of benzene rings is 2. The van der Waals surface area contributed by atoms with Crippen LogP contribution in [0.2, 0.25) is 0 Å². The summed E-state index contributed by atoms with van der Waals surface area (Å²) < 4.78 is 5.18. The number of nitrogens with zero attached hydrogens (tertiary/aromatic N) is 1. The highest BCUT2D eigenvalue weighted by Crippen LogP contribution is 2.12. The molecule has 3 N–H and O–H groups in total. The summed E-state index contributed by atoms with van der Waals surface area (Å²) in [6, 6.07) is 15.5. The van der Waals surface area contributed by atoms with E-state index in [0.717, 1.165) is 48.8 Å². The lowest BCUT2D eigenvalue weighted by Crippen LogP contribution is -2.36. The number of nitrogens with one attached hydrogen (secondary N) is 3. The molecule has 6 nitrogen and oxygen atoms in total. The molecule has 1 amide bonds. The number of aliphatic imine (C=N–C) groups is 1. The van der Waals surface area contributed by atoms with Crippen LogP contribution in [0.15, 0.2) is 53.5 Å². The van der Waals surface area contributed by atoms with Crippen LogP contribution in [0.25, 0.3) is 0 Å². The van der Waals surface area contributed by atoms with E-state index in [2.05, 4.69) is 27.9 Å². The topological polar surface area (TPSA) is 74.8 Å². The molecule has 7 heteroatoms. The number of halogens is 1. The largest absolute Gasteiger partial charge is 0.497 e. The van der Waals surface area contributed by atoms with Crippen molar-refractivity contribution < 1.29 is 9.53 Å². The summed E-state index contributed by atoms with van der Waals surface area (Å²) in [4.78, 5) is 16.7. The molecule has 164 valence electrons. The van der Waals surface area contributed by atoms with E-state index in [1.54, 1.807) is 7.11 Å². The van der Waals surface area contributed by atoms with Gasteiger partial charge in [-0.05, 0) is 48.7 Å². The number of carbonyl (C=O) groups excluding carboxylic acids is 1. The molecule has 0 heterocycles. The Kier molecular flexibility index (Phi) is 12.6. The van der Waals surface area contributed by atoms with Crippen molar-refractivity contribution in [2.75, 3.05) is 20.2 Å². The first-order valence-electron chi connectivity index (χ1n) is 10.2. The van der Waals surface area contributed by atoms with Crippen molar-refractivity contribution in [2.45, 2.75) is 39.8 Å². The van der Waals surface area contributed by atoms with Crippen LogP contribution in [0, 0.1) is 0 Å². The number of methoxy groups -OCH3 is 1. The summed E-state index contributed by atoms with van der Waals surface area (Å²) in [5.74, 6) is 1.57. The lowest BCUT2D eigenvalue weighted by atomic mass is 10.1. The Hall–Kier alpha value is -2.29. The fourth-order valence-electron chi connectivity index (χ4n) is 2.68. The molecule has 0 bridgehead atoms. The number of carbonyl (C=O) groups is 1. The summed E-state index contributed by atoms with van der Waals surface area (Å²) in [6.45, 7) is 6.86. The highest BCUT2D eigenvalue weighted by Gasteiger charge is 2.05. The number of rotatable bonds is 10. The molecule has 0 aliphatic rings. The lowest BCUT2D eigenvalue weighted by molar-refractivity contribution is 0.0953. The Morgan fingerprint density at radius 2 is 1.60 bits per heavy atom. The predicted molar refractivity (Wildman–Crippen MR) is 134 cm³/mol. The van der Waals surface area contributed by atoms with Crippen molar-refractivity contribution in [1.82, 2.24) is 16.0 Å². The standard InChI is InChI=1S/C23H32N4O2.HI/c1-4-6-15-25-22(28)20-11-7-18(8-12-20)16-26-23(24-5-2)27-17-19-9-13-21(29-3)14-10-19;/h7-14H,4-6,15-17H2,1-3H3,(H,25,28)(H2,24,26,27);1H. The molecular formula is C23H33IN4O2. The second-order valence-electron chi connectivity index (χ2n) is 6.70.